The van der Waals surface area contributed by atoms with Crippen molar-refractivity contribution in [3.63, 3.8) is 0 Å². The Morgan fingerprint density at radius 1 is 1.20 bits per heavy atom. The van der Waals surface area contributed by atoms with Gasteiger partial charge in [0.1, 0.15) is 17.8 Å². The molecular formula is C10H7Cl2FN4O2S. The second-order valence-electron chi connectivity index (χ2n) is 3.62. The second-order valence-corrected chi connectivity index (χ2v) is 6.02. The third-order valence-electron chi connectivity index (χ3n) is 2.27. The number of anilines is 2. The van der Waals surface area contributed by atoms with Crippen LogP contribution < -0.4 is 10.5 Å². The van der Waals surface area contributed by atoms with E-state index in [1.807, 2.05) is 0 Å². The molecule has 1 aromatic heterocycles. The lowest BCUT2D eigenvalue weighted by Gasteiger charge is -2.10. The maximum absolute atomic E-state index is 13.0. The first-order valence-corrected chi connectivity index (χ1v) is 7.29. The summed E-state index contributed by atoms with van der Waals surface area (Å²) in [5.41, 5.74) is 4.86. The summed E-state index contributed by atoms with van der Waals surface area (Å²) in [6.07, 6.45) is 1.08. The van der Waals surface area contributed by atoms with Gasteiger partial charge in [-0.1, -0.05) is 23.2 Å². The van der Waals surface area contributed by atoms with Gasteiger partial charge < -0.3 is 5.73 Å². The van der Waals surface area contributed by atoms with Crippen molar-refractivity contribution in [2.24, 2.45) is 0 Å². The lowest BCUT2D eigenvalue weighted by Crippen LogP contribution is -2.14. The van der Waals surface area contributed by atoms with Crippen molar-refractivity contribution in [2.45, 2.75) is 4.90 Å². The van der Waals surface area contributed by atoms with Crippen LogP contribution in [-0.4, -0.2) is 18.4 Å². The van der Waals surface area contributed by atoms with E-state index in [-0.39, 0.29) is 26.6 Å². The number of aromatic nitrogens is 2. The lowest BCUT2D eigenvalue weighted by molar-refractivity contribution is 0.600. The number of nitrogens with one attached hydrogen (secondary N) is 1. The van der Waals surface area contributed by atoms with E-state index >= 15 is 0 Å². The smallest absolute Gasteiger partial charge is 0.262 e. The molecule has 0 aliphatic rings. The molecule has 0 spiro atoms. The summed E-state index contributed by atoms with van der Waals surface area (Å²) in [7, 11) is -4.04. The summed E-state index contributed by atoms with van der Waals surface area (Å²) in [6.45, 7) is 0. The van der Waals surface area contributed by atoms with Gasteiger partial charge in [-0.05, 0) is 18.2 Å². The molecule has 6 nitrogen and oxygen atoms in total. The van der Waals surface area contributed by atoms with Gasteiger partial charge in [0.05, 0.1) is 10.6 Å². The van der Waals surface area contributed by atoms with Crippen LogP contribution in [0.3, 0.4) is 0 Å². The third kappa shape index (κ3) is 2.92. The normalized spacial score (nSPS) is 11.3. The monoisotopic (exact) mass is 336 g/mol. The van der Waals surface area contributed by atoms with Gasteiger partial charge in [0.25, 0.3) is 10.0 Å². The minimum Gasteiger partial charge on any atom is -0.396 e. The number of nitrogens with two attached hydrogens (primary N) is 1. The molecule has 0 bridgehead atoms. The molecule has 3 N–H and O–H groups in total. The molecular weight excluding hydrogens is 330 g/mol. The number of sulfonamides is 1. The van der Waals surface area contributed by atoms with Crippen LogP contribution in [0.4, 0.5) is 15.8 Å². The highest BCUT2D eigenvalue weighted by Crippen LogP contribution is 2.28. The Morgan fingerprint density at radius 3 is 2.35 bits per heavy atom. The molecule has 0 radical (unpaired) electrons. The van der Waals surface area contributed by atoms with E-state index in [4.69, 9.17) is 28.9 Å². The summed E-state index contributed by atoms with van der Waals surface area (Å²) >= 11 is 11.5. The van der Waals surface area contributed by atoms with Crippen molar-refractivity contribution < 1.29 is 12.8 Å². The topological polar surface area (TPSA) is 98.0 Å². The fourth-order valence-electron chi connectivity index (χ4n) is 1.31. The lowest BCUT2D eigenvalue weighted by atomic mass is 10.3. The molecule has 0 aliphatic heterocycles. The number of hydrogen-bond donors (Lipinski definition) is 2. The van der Waals surface area contributed by atoms with E-state index in [1.165, 1.54) is 0 Å². The molecule has 1 heterocycles. The fraction of sp³-hybridized carbons (Fsp3) is 0. The summed E-state index contributed by atoms with van der Waals surface area (Å²) in [5.74, 6) is -0.719. The van der Waals surface area contributed by atoms with Crippen LogP contribution in [0.5, 0.6) is 0 Å². The number of hydrogen-bond acceptors (Lipinski definition) is 5. The molecule has 0 saturated carbocycles. The number of halogens is 3. The molecule has 106 valence electrons. The third-order valence-corrected chi connectivity index (χ3v) is 4.19. The Hall–Kier alpha value is -1.64. The van der Waals surface area contributed by atoms with Crippen LogP contribution in [0.1, 0.15) is 0 Å². The standard InChI is InChI=1S/C10H7Cl2FN4O2S/c11-9-8(10(12)16-4-15-9)17-20(18,19)5-1-2-6(13)7(14)3-5/h1-4,17H,14H2. The van der Waals surface area contributed by atoms with Crippen molar-refractivity contribution >= 4 is 44.6 Å². The zero-order valence-corrected chi connectivity index (χ0v) is 12.0. The minimum atomic E-state index is -4.04. The van der Waals surface area contributed by atoms with Gasteiger partial charge >= 0.3 is 0 Å². The fourth-order valence-corrected chi connectivity index (χ4v) is 2.94. The van der Waals surface area contributed by atoms with Crippen molar-refractivity contribution in [2.75, 3.05) is 10.5 Å². The predicted octanol–water partition coefficient (Wildman–Crippen LogP) is 2.31. The van der Waals surface area contributed by atoms with Crippen molar-refractivity contribution in [1.29, 1.82) is 0 Å². The first-order valence-electron chi connectivity index (χ1n) is 5.05. The number of rotatable bonds is 3. The highest BCUT2D eigenvalue weighted by Gasteiger charge is 2.20. The Kier molecular flexibility index (Phi) is 3.98. The van der Waals surface area contributed by atoms with Crippen LogP contribution >= 0.6 is 23.2 Å². The highest BCUT2D eigenvalue weighted by molar-refractivity contribution is 7.92. The Labute approximate surface area is 123 Å². The molecule has 1 aromatic carbocycles. The second kappa shape index (κ2) is 5.39. The van der Waals surface area contributed by atoms with Crippen molar-refractivity contribution in [3.8, 4) is 0 Å². The SMILES string of the molecule is Nc1cc(S(=O)(=O)Nc2c(Cl)ncnc2Cl)ccc1F. The van der Waals surface area contributed by atoms with Gasteiger partial charge in [0, 0.05) is 0 Å². The van der Waals surface area contributed by atoms with Gasteiger partial charge in [-0.2, -0.15) is 0 Å². The van der Waals surface area contributed by atoms with E-state index in [0.29, 0.717) is 0 Å². The van der Waals surface area contributed by atoms with E-state index in [9.17, 15) is 12.8 Å². The Bertz CT molecular complexity index is 750. The summed E-state index contributed by atoms with van der Waals surface area (Å²) in [4.78, 5) is 6.97. The van der Waals surface area contributed by atoms with Crippen LogP contribution in [0.25, 0.3) is 0 Å². The van der Waals surface area contributed by atoms with Gasteiger partial charge in [-0.15, -0.1) is 0 Å². The van der Waals surface area contributed by atoms with E-state index < -0.39 is 15.8 Å². The number of nitrogen functional groups attached to an aromatic ring is 1. The molecule has 10 heteroatoms. The molecule has 2 aromatic rings. The van der Waals surface area contributed by atoms with Crippen LogP contribution in [0.15, 0.2) is 29.4 Å². The Balaban J connectivity index is 2.43. The quantitative estimate of drug-likeness (QED) is 0.662. The molecule has 0 atom stereocenters. The van der Waals surface area contributed by atoms with E-state index in [1.54, 1.807) is 0 Å². The zero-order valence-electron chi connectivity index (χ0n) is 9.64. The van der Waals surface area contributed by atoms with Crippen LogP contribution in [0.2, 0.25) is 10.3 Å². The molecule has 0 fully saturated rings. The molecule has 0 saturated heterocycles. The largest absolute Gasteiger partial charge is 0.396 e. The van der Waals surface area contributed by atoms with Gasteiger partial charge in [-0.25, -0.2) is 22.8 Å². The summed E-state index contributed by atoms with van der Waals surface area (Å²) in [5, 5.41) is -0.327. The van der Waals surface area contributed by atoms with Crippen LogP contribution in [-0.2, 0) is 10.0 Å². The zero-order chi connectivity index (χ0) is 14.9. The van der Waals surface area contributed by atoms with Gasteiger partial charge in [-0.3, -0.25) is 4.72 Å². The molecule has 2 rings (SSSR count). The predicted molar refractivity (Wildman–Crippen MR) is 73.7 cm³/mol. The van der Waals surface area contributed by atoms with E-state index in [0.717, 1.165) is 24.5 Å². The minimum absolute atomic E-state index is 0.163. The first-order chi connectivity index (χ1) is 9.31. The number of benzene rings is 1. The van der Waals surface area contributed by atoms with Crippen molar-refractivity contribution in [3.05, 3.63) is 40.6 Å². The molecule has 0 unspecified atom stereocenters. The summed E-state index contributed by atoms with van der Waals surface area (Å²) in [6, 6.07) is 2.97. The maximum atomic E-state index is 13.0. The summed E-state index contributed by atoms with van der Waals surface area (Å²) < 4.78 is 39.4. The van der Waals surface area contributed by atoms with Crippen molar-refractivity contribution in [1.82, 2.24) is 9.97 Å². The van der Waals surface area contributed by atoms with Gasteiger partial charge in [0.15, 0.2) is 10.3 Å². The Morgan fingerprint density at radius 2 is 1.80 bits per heavy atom. The number of nitrogens with zero attached hydrogens (tertiary/aromatic N) is 2. The maximum Gasteiger partial charge on any atom is 0.262 e. The van der Waals surface area contributed by atoms with Gasteiger partial charge in [0.2, 0.25) is 0 Å². The first kappa shape index (κ1) is 14.8. The molecule has 0 amide bonds. The average molecular weight is 337 g/mol. The average Bonchev–Trinajstić information content (AvgIpc) is 2.37. The molecule has 20 heavy (non-hydrogen) atoms. The van der Waals surface area contributed by atoms with Crippen LogP contribution in [0, 0.1) is 5.82 Å². The molecule has 0 aliphatic carbocycles. The van der Waals surface area contributed by atoms with E-state index in [2.05, 4.69) is 14.7 Å². The highest BCUT2D eigenvalue weighted by atomic mass is 35.5.